The molecule has 0 unspecified atom stereocenters. The molecule has 4 nitrogen and oxygen atoms in total. The first-order chi connectivity index (χ1) is 9.24. The molecule has 108 valence electrons. The molecular weight excluding hydrogens is 291 g/mol. The number of benzene rings is 1. The maximum Gasteiger partial charge on any atom is 0.573 e. The van der Waals surface area contributed by atoms with Gasteiger partial charge in [0.15, 0.2) is 0 Å². The third-order valence-corrected chi connectivity index (χ3v) is 3.40. The smallest absolute Gasteiger partial charge is 0.406 e. The summed E-state index contributed by atoms with van der Waals surface area (Å²) < 4.78 is 40.9. The molecule has 0 atom stereocenters. The van der Waals surface area contributed by atoms with Crippen LogP contribution >= 0.6 is 11.3 Å². The fraction of sp³-hybridized carbons (Fsp3) is 0.333. The number of aromatic nitrogens is 1. The van der Waals surface area contributed by atoms with Crippen LogP contribution in [0.25, 0.3) is 10.2 Å². The normalized spacial score (nSPS) is 12.8. The zero-order valence-corrected chi connectivity index (χ0v) is 11.8. The van der Waals surface area contributed by atoms with Gasteiger partial charge in [0.1, 0.15) is 11.6 Å². The van der Waals surface area contributed by atoms with E-state index in [1.807, 2.05) is 25.9 Å². The molecule has 0 saturated carbocycles. The van der Waals surface area contributed by atoms with E-state index in [9.17, 15) is 13.2 Å². The zero-order valence-electron chi connectivity index (χ0n) is 11.0. The molecule has 2 rings (SSSR count). The summed E-state index contributed by atoms with van der Waals surface area (Å²) >= 11 is 1.21. The van der Waals surface area contributed by atoms with Crippen molar-refractivity contribution in [3.8, 4) is 5.75 Å². The predicted molar refractivity (Wildman–Crippen MR) is 72.8 cm³/mol. The van der Waals surface area contributed by atoms with Gasteiger partial charge in [-0.1, -0.05) is 11.3 Å². The third-order valence-electron chi connectivity index (χ3n) is 2.49. The number of hydrogen-bond donors (Lipinski definition) is 0. The molecule has 1 heterocycles. The van der Waals surface area contributed by atoms with E-state index in [1.165, 1.54) is 29.5 Å². The highest BCUT2D eigenvalue weighted by atomic mass is 32.1. The topological polar surface area (TPSA) is 37.7 Å². The molecule has 20 heavy (non-hydrogen) atoms. The van der Waals surface area contributed by atoms with Crippen molar-refractivity contribution < 1.29 is 17.9 Å². The molecule has 8 heteroatoms. The summed E-state index contributed by atoms with van der Waals surface area (Å²) in [6.07, 6.45) is -4.69. The molecule has 0 aliphatic heterocycles. The second-order valence-corrected chi connectivity index (χ2v) is 5.24. The van der Waals surface area contributed by atoms with Gasteiger partial charge in [0.2, 0.25) is 5.13 Å². The van der Waals surface area contributed by atoms with Crippen molar-refractivity contribution in [2.45, 2.75) is 13.3 Å². The van der Waals surface area contributed by atoms with Crippen molar-refractivity contribution in [3.63, 3.8) is 0 Å². The first-order valence-corrected chi connectivity index (χ1v) is 6.45. The lowest BCUT2D eigenvalue weighted by Gasteiger charge is -2.09. The monoisotopic (exact) mass is 303 g/mol. The Morgan fingerprint density at radius 1 is 1.35 bits per heavy atom. The Morgan fingerprint density at radius 3 is 2.65 bits per heavy atom. The molecule has 0 fully saturated rings. The van der Waals surface area contributed by atoms with Gasteiger partial charge in [-0.05, 0) is 19.1 Å². The number of aliphatic imine (C=N–C) groups is 1. The van der Waals surface area contributed by atoms with Gasteiger partial charge >= 0.3 is 6.36 Å². The van der Waals surface area contributed by atoms with Gasteiger partial charge in [-0.15, -0.1) is 13.2 Å². The summed E-state index contributed by atoms with van der Waals surface area (Å²) in [5.74, 6) is 0.504. The fourth-order valence-corrected chi connectivity index (χ4v) is 2.29. The minimum atomic E-state index is -4.69. The number of hydrogen-bond acceptors (Lipinski definition) is 4. The van der Waals surface area contributed by atoms with Crippen molar-refractivity contribution in [2.75, 3.05) is 14.1 Å². The number of ether oxygens (including phenoxy) is 1. The molecule has 0 aliphatic carbocycles. The van der Waals surface area contributed by atoms with Crippen molar-refractivity contribution in [2.24, 2.45) is 4.99 Å². The largest absolute Gasteiger partial charge is 0.573 e. The number of alkyl halides is 3. The molecule has 0 radical (unpaired) electrons. The van der Waals surface area contributed by atoms with Gasteiger partial charge in [0.25, 0.3) is 0 Å². The van der Waals surface area contributed by atoms with Gasteiger partial charge in [-0.2, -0.15) is 0 Å². The van der Waals surface area contributed by atoms with Gasteiger partial charge < -0.3 is 9.64 Å². The summed E-state index contributed by atoms with van der Waals surface area (Å²) in [4.78, 5) is 10.4. The molecule has 1 aromatic heterocycles. The van der Waals surface area contributed by atoms with Crippen LogP contribution in [0, 0.1) is 0 Å². The van der Waals surface area contributed by atoms with Crippen molar-refractivity contribution in [1.82, 2.24) is 9.88 Å². The van der Waals surface area contributed by atoms with Crippen molar-refractivity contribution >= 4 is 32.5 Å². The third kappa shape index (κ3) is 3.60. The first-order valence-electron chi connectivity index (χ1n) is 5.63. The number of amidine groups is 1. The molecule has 2 aromatic rings. The Hall–Kier alpha value is -1.83. The van der Waals surface area contributed by atoms with E-state index in [0.717, 1.165) is 5.84 Å². The molecule has 0 spiro atoms. The number of fused-ring (bicyclic) bond motifs is 1. The quantitative estimate of drug-likeness (QED) is 0.625. The zero-order chi connectivity index (χ0) is 14.9. The summed E-state index contributed by atoms with van der Waals surface area (Å²) in [5, 5.41) is 0.496. The lowest BCUT2D eigenvalue weighted by molar-refractivity contribution is -0.274. The maximum atomic E-state index is 12.1. The number of nitrogens with zero attached hydrogens (tertiary/aromatic N) is 3. The van der Waals surface area contributed by atoms with Crippen LogP contribution in [-0.4, -0.2) is 36.2 Å². The summed E-state index contributed by atoms with van der Waals surface area (Å²) in [6, 6.07) is 4.03. The summed E-state index contributed by atoms with van der Waals surface area (Å²) in [5.41, 5.74) is 0.592. The van der Waals surface area contributed by atoms with Crippen LogP contribution in [0.15, 0.2) is 23.2 Å². The van der Waals surface area contributed by atoms with E-state index in [2.05, 4.69) is 14.7 Å². The maximum absolute atomic E-state index is 12.1. The van der Waals surface area contributed by atoms with E-state index >= 15 is 0 Å². The second kappa shape index (κ2) is 5.28. The number of rotatable bonds is 2. The van der Waals surface area contributed by atoms with Crippen molar-refractivity contribution in [3.05, 3.63) is 18.2 Å². The number of halogens is 3. The van der Waals surface area contributed by atoms with E-state index in [0.29, 0.717) is 15.3 Å². The second-order valence-electron chi connectivity index (χ2n) is 4.23. The minimum Gasteiger partial charge on any atom is -0.406 e. The molecule has 0 aliphatic rings. The van der Waals surface area contributed by atoms with Crippen LogP contribution in [0.3, 0.4) is 0 Å². The van der Waals surface area contributed by atoms with E-state index in [4.69, 9.17) is 0 Å². The Kier molecular flexibility index (Phi) is 3.85. The molecule has 0 bridgehead atoms. The van der Waals surface area contributed by atoms with Crippen molar-refractivity contribution in [1.29, 1.82) is 0 Å². The highest BCUT2D eigenvalue weighted by Gasteiger charge is 2.31. The van der Waals surface area contributed by atoms with Gasteiger partial charge in [0.05, 0.1) is 10.2 Å². The standard InChI is InChI=1S/C12H12F3N3OS/c1-7(18(2)3)16-11-17-9-5-4-8(6-10(9)20-11)19-12(13,14)15/h4-6H,1-3H3. The lowest BCUT2D eigenvalue weighted by Crippen LogP contribution is -2.17. The minimum absolute atomic E-state index is 0.256. The van der Waals surface area contributed by atoms with Crippen LogP contribution in [0.5, 0.6) is 5.75 Å². The lowest BCUT2D eigenvalue weighted by atomic mass is 10.3. The highest BCUT2D eigenvalue weighted by Crippen LogP contribution is 2.32. The molecule has 0 amide bonds. The summed E-state index contributed by atoms with van der Waals surface area (Å²) in [6.45, 7) is 1.82. The SMILES string of the molecule is CC(=Nc1nc2ccc(OC(F)(F)F)cc2s1)N(C)C. The van der Waals surface area contributed by atoms with Crippen LogP contribution in [0.1, 0.15) is 6.92 Å². The Balaban J connectivity index is 2.33. The average Bonchev–Trinajstić information content (AvgIpc) is 2.68. The average molecular weight is 303 g/mol. The Morgan fingerprint density at radius 2 is 2.05 bits per heavy atom. The Labute approximate surface area is 117 Å². The summed E-state index contributed by atoms with van der Waals surface area (Å²) in [7, 11) is 3.70. The van der Waals surface area contributed by atoms with E-state index in [-0.39, 0.29) is 5.75 Å². The van der Waals surface area contributed by atoms with Crippen LogP contribution in [0.2, 0.25) is 0 Å². The van der Waals surface area contributed by atoms with Gasteiger partial charge in [0, 0.05) is 20.2 Å². The number of thiazole rings is 1. The Bertz CT molecular complexity index is 649. The molecule has 0 saturated heterocycles. The molecule has 1 aromatic carbocycles. The highest BCUT2D eigenvalue weighted by molar-refractivity contribution is 7.22. The predicted octanol–water partition coefficient (Wildman–Crippen LogP) is 3.81. The van der Waals surface area contributed by atoms with E-state index in [1.54, 1.807) is 0 Å². The van der Waals surface area contributed by atoms with Gasteiger partial charge in [-0.25, -0.2) is 9.98 Å². The first kappa shape index (κ1) is 14.6. The van der Waals surface area contributed by atoms with Crippen LogP contribution in [0.4, 0.5) is 18.3 Å². The van der Waals surface area contributed by atoms with Gasteiger partial charge in [-0.3, -0.25) is 0 Å². The fourth-order valence-electron chi connectivity index (χ4n) is 1.38. The van der Waals surface area contributed by atoms with Crippen LogP contribution < -0.4 is 4.74 Å². The molecular formula is C12H12F3N3OS. The molecule has 0 N–H and O–H groups in total. The van der Waals surface area contributed by atoms with E-state index < -0.39 is 6.36 Å². The van der Waals surface area contributed by atoms with Crippen LogP contribution in [-0.2, 0) is 0 Å².